The number of pyridine rings is 2. The molecule has 13 heteroatoms. The molecular weight excluding hydrogens is 595 g/mol. The summed E-state index contributed by atoms with van der Waals surface area (Å²) in [5.41, 5.74) is 2.62. The van der Waals surface area contributed by atoms with Crippen molar-refractivity contribution in [3.05, 3.63) is 92.5 Å². The average molecular weight is 629 g/mol. The molecule has 0 radical (unpaired) electrons. The number of carbonyl (C=O) groups excluding carboxylic acids is 1. The molecule has 4 heterocycles. The smallest absolute Gasteiger partial charge is 0.350 e. The van der Waals surface area contributed by atoms with Gasteiger partial charge in [-0.3, -0.25) is 9.78 Å². The summed E-state index contributed by atoms with van der Waals surface area (Å²) in [5, 5.41) is 1.59. The quantitative estimate of drug-likeness (QED) is 0.236. The summed E-state index contributed by atoms with van der Waals surface area (Å²) in [6, 6.07) is 7.89. The molecule has 5 rings (SSSR count). The van der Waals surface area contributed by atoms with Crippen LogP contribution in [0.2, 0.25) is 5.02 Å². The van der Waals surface area contributed by atoms with Crippen LogP contribution in [0.3, 0.4) is 0 Å². The van der Waals surface area contributed by atoms with Crippen LogP contribution in [0.5, 0.6) is 0 Å². The van der Waals surface area contributed by atoms with Crippen LogP contribution in [0.25, 0.3) is 34.1 Å². The fraction of sp³-hybridized carbons (Fsp3) is 0.281. The minimum atomic E-state index is -1.03. The van der Waals surface area contributed by atoms with E-state index in [2.05, 4.69) is 16.5 Å². The second-order valence-corrected chi connectivity index (χ2v) is 12.3. The zero-order valence-corrected chi connectivity index (χ0v) is 26.9. The molecule has 1 amide bonds. The van der Waals surface area contributed by atoms with Crippen LogP contribution in [0.4, 0.5) is 14.6 Å². The van der Waals surface area contributed by atoms with Gasteiger partial charge < -0.3 is 9.80 Å². The predicted molar refractivity (Wildman–Crippen MR) is 181 cm³/mol. The van der Waals surface area contributed by atoms with Crippen LogP contribution in [0.1, 0.15) is 43.5 Å². The topological polar surface area (TPSA) is 84.2 Å². The van der Waals surface area contributed by atoms with Gasteiger partial charge in [0.25, 0.3) is 5.91 Å². The first-order valence-corrected chi connectivity index (χ1v) is 15.1. The number of anilines is 1. The van der Waals surface area contributed by atoms with Crippen LogP contribution in [-0.4, -0.2) is 71.7 Å². The standard InChI is InChI=1S/C32H33B2ClF2N6O2/c1-16(2)26-28(17(3)9-10-38-26)43-30-21(14-22(35)27(39-30)25-20(13-24(33)34)7-6-8-23(25)37)29(40-32(43)45)42-12-11-41(15-18(42)4)31(44)19(5)36/h6-10,13-14,16,18H,5,11-12,15,33-34H2,1-4H3/t18-/m0/s1. The number of fused-ring (bicyclic) bond motifs is 1. The number of halogens is 3. The van der Waals surface area contributed by atoms with Gasteiger partial charge in [-0.2, -0.15) is 4.98 Å². The average Bonchev–Trinajstić information content (AvgIpc) is 2.97. The summed E-state index contributed by atoms with van der Waals surface area (Å²) in [4.78, 5) is 43.8. The third-order valence-corrected chi connectivity index (χ3v) is 8.16. The molecule has 0 unspecified atom stereocenters. The van der Waals surface area contributed by atoms with Gasteiger partial charge in [0.2, 0.25) is 0 Å². The highest BCUT2D eigenvalue weighted by Gasteiger charge is 2.32. The zero-order valence-electron chi connectivity index (χ0n) is 26.2. The third kappa shape index (κ3) is 6.03. The maximum Gasteiger partial charge on any atom is 0.355 e. The van der Waals surface area contributed by atoms with Crippen molar-refractivity contribution in [2.75, 3.05) is 24.5 Å². The van der Waals surface area contributed by atoms with E-state index in [9.17, 15) is 14.0 Å². The minimum absolute atomic E-state index is 0.0416. The zero-order chi connectivity index (χ0) is 32.7. The highest BCUT2D eigenvalue weighted by Crippen LogP contribution is 2.38. The highest BCUT2D eigenvalue weighted by atomic mass is 35.5. The minimum Gasteiger partial charge on any atom is -0.350 e. The summed E-state index contributed by atoms with van der Waals surface area (Å²) < 4.78 is 30.7. The molecule has 0 saturated carbocycles. The number of hydrogen-bond acceptors (Lipinski definition) is 6. The largest absolute Gasteiger partial charge is 0.355 e. The van der Waals surface area contributed by atoms with Crippen molar-refractivity contribution in [2.45, 2.75) is 39.7 Å². The first-order chi connectivity index (χ1) is 21.3. The van der Waals surface area contributed by atoms with Crippen molar-refractivity contribution in [1.82, 2.24) is 24.4 Å². The number of rotatable bonds is 6. The summed E-state index contributed by atoms with van der Waals surface area (Å²) in [7, 11) is 3.83. The van der Waals surface area contributed by atoms with Gasteiger partial charge in [0, 0.05) is 37.4 Å². The molecule has 0 N–H and O–H groups in total. The number of amides is 1. The molecule has 1 aliphatic heterocycles. The monoisotopic (exact) mass is 628 g/mol. The SMILES string of the molecule is BC(B)=Cc1cccc(F)c1-c1nc2c(cc1Cl)c(N1CCN(C(=O)C(=C)F)C[C@@H]1C)nc(=O)n2-c1c(C)ccnc1C(C)C. The van der Waals surface area contributed by atoms with E-state index in [0.29, 0.717) is 28.1 Å². The van der Waals surface area contributed by atoms with Gasteiger partial charge >= 0.3 is 5.69 Å². The maximum absolute atomic E-state index is 15.6. The Morgan fingerprint density at radius 3 is 2.58 bits per heavy atom. The lowest BCUT2D eigenvalue weighted by Crippen LogP contribution is -2.54. The van der Waals surface area contributed by atoms with E-state index in [0.717, 1.165) is 10.9 Å². The number of nitrogens with zero attached hydrogens (tertiary/aromatic N) is 6. The molecule has 1 aromatic carbocycles. The van der Waals surface area contributed by atoms with Gasteiger partial charge in [-0.15, -0.1) is 5.37 Å². The molecule has 3 aromatic heterocycles. The number of piperazine rings is 1. The van der Waals surface area contributed by atoms with Gasteiger partial charge in [-0.05, 0) is 49.1 Å². The van der Waals surface area contributed by atoms with Crippen molar-refractivity contribution in [1.29, 1.82) is 0 Å². The Morgan fingerprint density at radius 1 is 1.20 bits per heavy atom. The fourth-order valence-electron chi connectivity index (χ4n) is 5.84. The number of aromatic nitrogens is 4. The van der Waals surface area contributed by atoms with Gasteiger partial charge in [-0.25, -0.2) is 23.1 Å². The molecule has 0 bridgehead atoms. The number of hydrogen-bond donors (Lipinski definition) is 0. The molecule has 1 aliphatic rings. The Bertz CT molecular complexity index is 1940. The second kappa shape index (κ2) is 12.6. The highest BCUT2D eigenvalue weighted by molar-refractivity contribution is 6.50. The Balaban J connectivity index is 1.83. The van der Waals surface area contributed by atoms with Crippen molar-refractivity contribution < 1.29 is 13.6 Å². The van der Waals surface area contributed by atoms with Gasteiger partial charge in [-0.1, -0.05) is 50.2 Å². The molecule has 230 valence electrons. The summed E-state index contributed by atoms with van der Waals surface area (Å²) in [6.45, 7) is 11.5. The van der Waals surface area contributed by atoms with E-state index in [1.807, 2.05) is 60.4 Å². The molecule has 4 aromatic rings. The fourth-order valence-corrected chi connectivity index (χ4v) is 6.08. The Kier molecular flexibility index (Phi) is 8.98. The molecule has 1 saturated heterocycles. The van der Waals surface area contributed by atoms with Crippen LogP contribution in [-0.2, 0) is 4.79 Å². The summed E-state index contributed by atoms with van der Waals surface area (Å²) in [5.74, 6) is -2.03. The van der Waals surface area contributed by atoms with E-state index in [-0.39, 0.29) is 53.5 Å². The number of carbonyl (C=O) groups is 1. The van der Waals surface area contributed by atoms with E-state index in [1.165, 1.54) is 15.5 Å². The van der Waals surface area contributed by atoms with Crippen LogP contribution < -0.4 is 10.6 Å². The summed E-state index contributed by atoms with van der Waals surface area (Å²) in [6.07, 6.45) is 3.54. The van der Waals surface area contributed by atoms with Crippen molar-refractivity contribution in [3.63, 3.8) is 0 Å². The lowest BCUT2D eigenvalue weighted by atomic mass is 9.77. The number of aryl methyl sites for hydroxylation is 1. The lowest BCUT2D eigenvalue weighted by molar-refractivity contribution is -0.129. The summed E-state index contributed by atoms with van der Waals surface area (Å²) >= 11 is 6.92. The van der Waals surface area contributed by atoms with E-state index < -0.39 is 23.2 Å². The van der Waals surface area contributed by atoms with Crippen LogP contribution >= 0.6 is 11.6 Å². The first-order valence-electron chi connectivity index (χ1n) is 14.7. The molecule has 0 aliphatic carbocycles. The van der Waals surface area contributed by atoms with E-state index in [4.69, 9.17) is 16.6 Å². The third-order valence-electron chi connectivity index (χ3n) is 7.87. The predicted octanol–water partition coefficient (Wildman–Crippen LogP) is 4.15. The normalized spacial score (nSPS) is 15.1. The Hall–Kier alpha value is -4.31. The Labute approximate surface area is 267 Å². The van der Waals surface area contributed by atoms with Gasteiger partial charge in [0.05, 0.1) is 27.5 Å². The molecule has 1 atom stereocenters. The Morgan fingerprint density at radius 2 is 1.93 bits per heavy atom. The van der Waals surface area contributed by atoms with Gasteiger partial charge in [0.15, 0.2) is 11.5 Å². The van der Waals surface area contributed by atoms with E-state index in [1.54, 1.807) is 24.4 Å². The van der Waals surface area contributed by atoms with Crippen LogP contribution in [0.15, 0.2) is 59.1 Å². The lowest BCUT2D eigenvalue weighted by Gasteiger charge is -2.40. The molecule has 0 spiro atoms. The second-order valence-electron chi connectivity index (χ2n) is 11.9. The van der Waals surface area contributed by atoms with Gasteiger partial charge in [0.1, 0.15) is 27.3 Å². The molecule has 8 nitrogen and oxygen atoms in total. The van der Waals surface area contributed by atoms with Crippen LogP contribution in [0, 0.1) is 12.7 Å². The number of benzene rings is 1. The van der Waals surface area contributed by atoms with E-state index >= 15 is 4.39 Å². The first kappa shape index (κ1) is 32.1. The van der Waals surface area contributed by atoms with Crippen molar-refractivity contribution >= 4 is 56.1 Å². The molecule has 1 fully saturated rings. The van der Waals surface area contributed by atoms with Crippen molar-refractivity contribution in [3.8, 4) is 16.9 Å². The maximum atomic E-state index is 15.6. The van der Waals surface area contributed by atoms with Crippen molar-refractivity contribution in [2.24, 2.45) is 0 Å². The molecule has 45 heavy (non-hydrogen) atoms. The molecular formula is C32H33B2ClF2N6O2.